The molecule has 1 heterocycles. The van der Waals surface area contributed by atoms with E-state index in [-0.39, 0.29) is 11.9 Å². The van der Waals surface area contributed by atoms with Crippen LogP contribution in [-0.2, 0) is 11.3 Å². The smallest absolute Gasteiger partial charge is 0.275 e. The van der Waals surface area contributed by atoms with Crippen molar-refractivity contribution in [2.45, 2.75) is 19.5 Å². The number of hydrogen-bond acceptors (Lipinski definition) is 1. The molecule has 1 fully saturated rings. The molecule has 0 saturated carbocycles. The molecule has 132 valence electrons. The second-order valence-electron chi connectivity index (χ2n) is 7.04. The van der Waals surface area contributed by atoms with E-state index < -0.39 is 0 Å². The van der Waals surface area contributed by atoms with E-state index in [1.54, 1.807) is 4.90 Å². The average molecular weight is 339 g/mol. The minimum Gasteiger partial charge on any atom is -0.345 e. The van der Waals surface area contributed by atoms with Crippen LogP contribution in [0.2, 0.25) is 0 Å². The first kappa shape index (κ1) is 17.6. The lowest BCUT2D eigenvalue weighted by atomic mass is 10.1. The van der Waals surface area contributed by atoms with E-state index in [0.717, 1.165) is 38.3 Å². The fraction of sp³-hybridized carbons (Fsp3) is 0.381. The van der Waals surface area contributed by atoms with Crippen LogP contribution >= 0.6 is 0 Å². The van der Waals surface area contributed by atoms with E-state index in [0.29, 0.717) is 6.54 Å². The molecule has 0 spiro atoms. The summed E-state index contributed by atoms with van der Waals surface area (Å²) in [5.41, 5.74) is 2.55. The number of nitrogens with one attached hydrogen (secondary N) is 3. The Hall–Kier alpha value is -2.17. The highest BCUT2D eigenvalue weighted by Crippen LogP contribution is 2.10. The zero-order chi connectivity index (χ0) is 17.5. The van der Waals surface area contributed by atoms with Crippen molar-refractivity contribution in [3.8, 4) is 0 Å². The van der Waals surface area contributed by atoms with Gasteiger partial charge in [-0.3, -0.25) is 4.79 Å². The van der Waals surface area contributed by atoms with E-state index in [1.807, 2.05) is 25.1 Å². The number of rotatable bonds is 6. The summed E-state index contributed by atoms with van der Waals surface area (Å²) >= 11 is 0. The standard InChI is InChI=1S/C21H27N3O/c1-18(20-10-6-3-7-11-20)22-21(25)17-24-14-12-23(13-15-24)16-19-8-4-2-5-9-19/h2-11,18H,12-17H2,1H3,(H,22,25)/p+2/t18-/m1/s1. The second-order valence-corrected chi connectivity index (χ2v) is 7.04. The SMILES string of the molecule is C[C@@H](NC(=O)C[NH+]1CC[NH+](Cc2ccccc2)CC1)c1ccccc1. The maximum absolute atomic E-state index is 12.3. The van der Waals surface area contributed by atoms with Crippen LogP contribution in [0.5, 0.6) is 0 Å². The van der Waals surface area contributed by atoms with Crippen LogP contribution in [-0.4, -0.2) is 38.6 Å². The molecule has 4 heteroatoms. The van der Waals surface area contributed by atoms with Crippen molar-refractivity contribution in [2.75, 3.05) is 32.7 Å². The Labute approximate surface area is 150 Å². The van der Waals surface area contributed by atoms with Gasteiger partial charge >= 0.3 is 0 Å². The summed E-state index contributed by atoms with van der Waals surface area (Å²) < 4.78 is 0. The van der Waals surface area contributed by atoms with Crippen molar-refractivity contribution in [3.63, 3.8) is 0 Å². The Morgan fingerprint density at radius 1 is 0.920 bits per heavy atom. The Morgan fingerprint density at radius 2 is 1.48 bits per heavy atom. The van der Waals surface area contributed by atoms with E-state index in [1.165, 1.54) is 10.5 Å². The summed E-state index contributed by atoms with van der Waals surface area (Å²) in [7, 11) is 0. The molecule has 2 aromatic carbocycles. The first-order valence-electron chi connectivity index (χ1n) is 9.26. The van der Waals surface area contributed by atoms with Gasteiger partial charge in [-0.15, -0.1) is 0 Å². The van der Waals surface area contributed by atoms with E-state index in [4.69, 9.17) is 0 Å². The topological polar surface area (TPSA) is 38.0 Å². The number of benzene rings is 2. The minimum atomic E-state index is 0.0677. The highest BCUT2D eigenvalue weighted by molar-refractivity contribution is 5.77. The largest absolute Gasteiger partial charge is 0.345 e. The predicted molar refractivity (Wildman–Crippen MR) is 99.4 cm³/mol. The highest BCUT2D eigenvalue weighted by atomic mass is 16.2. The van der Waals surface area contributed by atoms with Gasteiger partial charge in [-0.2, -0.15) is 0 Å². The van der Waals surface area contributed by atoms with Crippen LogP contribution in [0.15, 0.2) is 60.7 Å². The van der Waals surface area contributed by atoms with Gasteiger partial charge in [-0.1, -0.05) is 60.7 Å². The van der Waals surface area contributed by atoms with Crippen LogP contribution in [0, 0.1) is 0 Å². The molecule has 0 radical (unpaired) electrons. The molecule has 1 aliphatic heterocycles. The van der Waals surface area contributed by atoms with Crippen LogP contribution in [0.25, 0.3) is 0 Å². The maximum Gasteiger partial charge on any atom is 0.275 e. The molecule has 1 amide bonds. The number of quaternary nitrogens is 2. The monoisotopic (exact) mass is 339 g/mol. The van der Waals surface area contributed by atoms with E-state index in [9.17, 15) is 4.79 Å². The van der Waals surface area contributed by atoms with Crippen molar-refractivity contribution in [1.82, 2.24) is 5.32 Å². The van der Waals surface area contributed by atoms with Gasteiger partial charge in [0.15, 0.2) is 6.54 Å². The molecule has 3 N–H and O–H groups in total. The van der Waals surface area contributed by atoms with Gasteiger partial charge in [0.1, 0.15) is 32.7 Å². The molecule has 0 bridgehead atoms. The average Bonchev–Trinajstić information content (AvgIpc) is 2.65. The molecular formula is C21H29N3O+2. The normalized spacial score (nSPS) is 21.5. The summed E-state index contributed by atoms with van der Waals surface area (Å²) in [6, 6.07) is 20.9. The molecular weight excluding hydrogens is 310 g/mol. The molecule has 4 nitrogen and oxygen atoms in total. The highest BCUT2D eigenvalue weighted by Gasteiger charge is 2.25. The van der Waals surface area contributed by atoms with Crippen LogP contribution in [0.1, 0.15) is 24.1 Å². The summed E-state index contributed by atoms with van der Waals surface area (Å²) in [5, 5.41) is 3.13. The zero-order valence-corrected chi connectivity index (χ0v) is 15.0. The molecule has 2 aromatic rings. The summed E-state index contributed by atoms with van der Waals surface area (Å²) in [6.07, 6.45) is 0. The number of piperazine rings is 1. The molecule has 25 heavy (non-hydrogen) atoms. The fourth-order valence-corrected chi connectivity index (χ4v) is 3.54. The van der Waals surface area contributed by atoms with Gasteiger partial charge in [-0.05, 0) is 12.5 Å². The number of amides is 1. The van der Waals surface area contributed by atoms with Gasteiger partial charge in [0, 0.05) is 5.56 Å². The van der Waals surface area contributed by atoms with Gasteiger partial charge in [0.05, 0.1) is 6.04 Å². The first-order chi connectivity index (χ1) is 12.2. The Balaban J connectivity index is 1.40. The molecule has 1 atom stereocenters. The van der Waals surface area contributed by atoms with E-state index in [2.05, 4.69) is 47.8 Å². The van der Waals surface area contributed by atoms with Crippen molar-refractivity contribution in [2.24, 2.45) is 0 Å². The maximum atomic E-state index is 12.3. The molecule has 0 unspecified atom stereocenters. The summed E-state index contributed by atoms with van der Waals surface area (Å²) in [4.78, 5) is 15.3. The van der Waals surface area contributed by atoms with Gasteiger partial charge in [0.25, 0.3) is 5.91 Å². The van der Waals surface area contributed by atoms with Gasteiger partial charge in [0.2, 0.25) is 0 Å². The Kier molecular flexibility index (Phi) is 6.20. The lowest BCUT2D eigenvalue weighted by molar-refractivity contribution is -1.02. The lowest BCUT2D eigenvalue weighted by Crippen LogP contribution is -3.28. The molecule has 3 rings (SSSR count). The fourth-order valence-electron chi connectivity index (χ4n) is 3.54. The Morgan fingerprint density at radius 3 is 2.12 bits per heavy atom. The minimum absolute atomic E-state index is 0.0677. The van der Waals surface area contributed by atoms with Crippen LogP contribution in [0.3, 0.4) is 0 Å². The second kappa shape index (κ2) is 8.79. The Bertz CT molecular complexity index is 651. The molecule has 1 saturated heterocycles. The number of carbonyl (C=O) groups excluding carboxylic acids is 1. The zero-order valence-electron chi connectivity index (χ0n) is 15.0. The molecule has 1 aliphatic rings. The molecule has 0 aromatic heterocycles. The first-order valence-corrected chi connectivity index (χ1v) is 9.26. The summed E-state index contributed by atoms with van der Waals surface area (Å²) in [5.74, 6) is 0.151. The van der Waals surface area contributed by atoms with Crippen LogP contribution in [0.4, 0.5) is 0 Å². The third-order valence-corrected chi connectivity index (χ3v) is 5.05. The van der Waals surface area contributed by atoms with E-state index >= 15 is 0 Å². The van der Waals surface area contributed by atoms with Crippen molar-refractivity contribution in [3.05, 3.63) is 71.8 Å². The quantitative estimate of drug-likeness (QED) is 0.673. The number of carbonyl (C=O) groups is 1. The lowest BCUT2D eigenvalue weighted by Gasteiger charge is -2.29. The summed E-state index contributed by atoms with van der Waals surface area (Å²) in [6.45, 7) is 8.10. The van der Waals surface area contributed by atoms with Gasteiger partial charge in [-0.25, -0.2) is 0 Å². The third kappa shape index (κ3) is 5.41. The molecule has 0 aliphatic carbocycles. The van der Waals surface area contributed by atoms with Crippen molar-refractivity contribution < 1.29 is 14.6 Å². The number of hydrogen-bond donors (Lipinski definition) is 3. The van der Waals surface area contributed by atoms with Crippen molar-refractivity contribution in [1.29, 1.82) is 0 Å². The predicted octanol–water partition coefficient (Wildman–Crippen LogP) is -0.153. The van der Waals surface area contributed by atoms with Gasteiger partial charge < -0.3 is 15.1 Å². The van der Waals surface area contributed by atoms with Crippen molar-refractivity contribution >= 4 is 5.91 Å². The van der Waals surface area contributed by atoms with Crippen LogP contribution < -0.4 is 15.1 Å². The third-order valence-electron chi connectivity index (χ3n) is 5.05.